The second-order valence-corrected chi connectivity index (χ2v) is 7.16. The van der Waals surface area contributed by atoms with Crippen molar-refractivity contribution in [2.75, 3.05) is 25.0 Å². The third-order valence-electron chi connectivity index (χ3n) is 4.51. The molecule has 1 heterocycles. The summed E-state index contributed by atoms with van der Waals surface area (Å²) in [6.45, 7) is 5.83. The van der Waals surface area contributed by atoms with E-state index in [1.54, 1.807) is 10.6 Å². The molecule has 2 aromatic carbocycles. The molecule has 0 radical (unpaired) electrons. The number of halogens is 1. The number of fused-ring (bicyclic) bond motifs is 1. The Morgan fingerprint density at radius 2 is 1.78 bits per heavy atom. The van der Waals surface area contributed by atoms with Gasteiger partial charge in [-0.1, -0.05) is 48.0 Å². The van der Waals surface area contributed by atoms with E-state index in [1.165, 1.54) is 0 Å². The van der Waals surface area contributed by atoms with Gasteiger partial charge >= 0.3 is 0 Å². The summed E-state index contributed by atoms with van der Waals surface area (Å²) in [7, 11) is 0. The number of para-hydroxylation sites is 1. The number of nitrogens with one attached hydrogen (secondary N) is 1. The molecule has 1 amide bonds. The van der Waals surface area contributed by atoms with E-state index in [-0.39, 0.29) is 23.7 Å². The zero-order chi connectivity index (χ0) is 19.4. The maximum Gasteiger partial charge on any atom is 0.279 e. The number of nitrogens with zero attached hydrogens (tertiary/aromatic N) is 2. The largest absolute Gasteiger partial charge is 0.320 e. The van der Waals surface area contributed by atoms with Gasteiger partial charge < -0.3 is 5.32 Å². The van der Waals surface area contributed by atoms with Gasteiger partial charge in [-0.05, 0) is 49.5 Å². The first-order valence-electron chi connectivity index (χ1n) is 8.96. The Kier molecular flexibility index (Phi) is 6.08. The Bertz CT molecular complexity index is 1010. The molecule has 1 aromatic heterocycles. The molecule has 3 rings (SSSR count). The van der Waals surface area contributed by atoms with Crippen LogP contribution in [0.15, 0.2) is 63.9 Å². The van der Waals surface area contributed by atoms with Gasteiger partial charge in [0.25, 0.3) is 5.56 Å². The van der Waals surface area contributed by atoms with Crippen LogP contribution in [0.4, 0.5) is 5.69 Å². The van der Waals surface area contributed by atoms with Gasteiger partial charge in [0.15, 0.2) is 0 Å². The first kappa shape index (κ1) is 19.3. The van der Waals surface area contributed by atoms with Crippen molar-refractivity contribution in [2.24, 2.45) is 0 Å². The average Bonchev–Trinajstić information content (AvgIpc) is 2.67. The number of likely N-dealkylation sites (N-methyl/N-ethyl adjacent to an activating group) is 1. The van der Waals surface area contributed by atoms with E-state index in [9.17, 15) is 9.59 Å². The number of hydrogen-bond donors (Lipinski definition) is 1. The minimum absolute atomic E-state index is 0.190. The zero-order valence-electron chi connectivity index (χ0n) is 15.4. The van der Waals surface area contributed by atoms with Crippen molar-refractivity contribution in [3.05, 3.63) is 69.4 Å². The summed E-state index contributed by atoms with van der Waals surface area (Å²) < 4.78 is 2.54. The molecule has 140 valence electrons. The Morgan fingerprint density at radius 1 is 1.07 bits per heavy atom. The molecule has 0 aliphatic heterocycles. The highest BCUT2D eigenvalue weighted by molar-refractivity contribution is 9.10. The zero-order valence-corrected chi connectivity index (χ0v) is 17.0. The summed E-state index contributed by atoms with van der Waals surface area (Å²) in [5, 5.41) is 3.67. The number of aromatic nitrogens is 1. The summed E-state index contributed by atoms with van der Waals surface area (Å²) in [6.07, 6.45) is 0. The Morgan fingerprint density at radius 3 is 2.44 bits per heavy atom. The first-order chi connectivity index (χ1) is 13.0. The van der Waals surface area contributed by atoms with Crippen LogP contribution >= 0.6 is 15.9 Å². The van der Waals surface area contributed by atoms with E-state index in [0.29, 0.717) is 0 Å². The fourth-order valence-electron chi connectivity index (χ4n) is 3.05. The highest BCUT2D eigenvalue weighted by Gasteiger charge is 2.14. The van der Waals surface area contributed by atoms with Crippen LogP contribution in [0.1, 0.15) is 13.8 Å². The van der Waals surface area contributed by atoms with Crippen LogP contribution in [0.25, 0.3) is 16.6 Å². The highest BCUT2D eigenvalue weighted by Crippen LogP contribution is 2.23. The lowest BCUT2D eigenvalue weighted by Crippen LogP contribution is -2.34. The SMILES string of the molecule is CCN(CC)CC(=O)Nc1cc2cc(Br)ccc2n(-c2ccccc2)c1=O. The van der Waals surface area contributed by atoms with Gasteiger partial charge in [0, 0.05) is 15.5 Å². The second kappa shape index (κ2) is 8.50. The summed E-state index contributed by atoms with van der Waals surface area (Å²) in [4.78, 5) is 27.6. The molecule has 27 heavy (non-hydrogen) atoms. The van der Waals surface area contributed by atoms with Gasteiger partial charge in [-0.25, -0.2) is 0 Å². The molecule has 0 saturated heterocycles. The van der Waals surface area contributed by atoms with Crippen molar-refractivity contribution in [1.82, 2.24) is 9.47 Å². The van der Waals surface area contributed by atoms with Crippen molar-refractivity contribution in [2.45, 2.75) is 13.8 Å². The lowest BCUT2D eigenvalue weighted by molar-refractivity contribution is -0.117. The summed E-state index contributed by atoms with van der Waals surface area (Å²) in [5.41, 5.74) is 1.58. The number of pyridine rings is 1. The summed E-state index contributed by atoms with van der Waals surface area (Å²) in [5.74, 6) is -0.190. The minimum atomic E-state index is -0.246. The fraction of sp³-hybridized carbons (Fsp3) is 0.238. The molecule has 0 unspecified atom stereocenters. The number of benzene rings is 2. The number of amides is 1. The van der Waals surface area contributed by atoms with Crippen molar-refractivity contribution in [1.29, 1.82) is 0 Å². The van der Waals surface area contributed by atoms with Gasteiger partial charge in [-0.3, -0.25) is 19.1 Å². The molecule has 0 bridgehead atoms. The second-order valence-electron chi connectivity index (χ2n) is 6.25. The van der Waals surface area contributed by atoms with Crippen LogP contribution in [-0.2, 0) is 4.79 Å². The molecular formula is C21H22BrN3O2. The standard InChI is InChI=1S/C21H22BrN3O2/c1-3-24(4-2)14-20(26)23-18-13-15-12-16(22)10-11-19(15)25(21(18)27)17-8-6-5-7-9-17/h5-13H,3-4,14H2,1-2H3,(H,23,26). The van der Waals surface area contributed by atoms with Gasteiger partial charge in [0.05, 0.1) is 12.1 Å². The molecule has 6 heteroatoms. The van der Waals surface area contributed by atoms with E-state index < -0.39 is 0 Å². The molecule has 0 aliphatic rings. The van der Waals surface area contributed by atoms with Gasteiger partial charge in [-0.2, -0.15) is 0 Å². The molecule has 3 aromatic rings. The third-order valence-corrected chi connectivity index (χ3v) is 5.01. The van der Waals surface area contributed by atoms with Gasteiger partial charge in [0.2, 0.25) is 5.91 Å². The highest BCUT2D eigenvalue weighted by atomic mass is 79.9. The van der Waals surface area contributed by atoms with Crippen LogP contribution in [0.5, 0.6) is 0 Å². The third kappa shape index (κ3) is 4.28. The Hall–Kier alpha value is -2.44. The Labute approximate surface area is 166 Å². The molecule has 0 fully saturated rings. The van der Waals surface area contributed by atoms with Crippen LogP contribution < -0.4 is 10.9 Å². The molecule has 1 N–H and O–H groups in total. The number of hydrogen-bond acceptors (Lipinski definition) is 3. The quantitative estimate of drug-likeness (QED) is 0.645. The topological polar surface area (TPSA) is 54.3 Å². The van der Waals surface area contributed by atoms with E-state index >= 15 is 0 Å². The van der Waals surface area contributed by atoms with Crippen LogP contribution in [0.2, 0.25) is 0 Å². The number of carbonyl (C=O) groups is 1. The monoisotopic (exact) mass is 427 g/mol. The fourth-order valence-corrected chi connectivity index (χ4v) is 3.43. The van der Waals surface area contributed by atoms with Crippen LogP contribution in [0, 0.1) is 0 Å². The predicted octanol–water partition coefficient (Wildman–Crippen LogP) is 4.03. The molecule has 0 saturated carbocycles. The molecule has 0 atom stereocenters. The lowest BCUT2D eigenvalue weighted by Gasteiger charge is -2.18. The molecule has 5 nitrogen and oxygen atoms in total. The maximum atomic E-state index is 13.2. The smallest absolute Gasteiger partial charge is 0.279 e. The molecular weight excluding hydrogens is 406 g/mol. The minimum Gasteiger partial charge on any atom is -0.320 e. The van der Waals surface area contributed by atoms with Crippen molar-refractivity contribution < 1.29 is 4.79 Å². The lowest BCUT2D eigenvalue weighted by atomic mass is 10.1. The van der Waals surface area contributed by atoms with E-state index in [2.05, 4.69) is 21.2 Å². The predicted molar refractivity (Wildman–Crippen MR) is 114 cm³/mol. The van der Waals surface area contributed by atoms with E-state index in [4.69, 9.17) is 0 Å². The van der Waals surface area contributed by atoms with Crippen molar-refractivity contribution in [3.63, 3.8) is 0 Å². The van der Waals surface area contributed by atoms with Crippen LogP contribution in [0.3, 0.4) is 0 Å². The van der Waals surface area contributed by atoms with Gasteiger partial charge in [-0.15, -0.1) is 0 Å². The van der Waals surface area contributed by atoms with E-state index in [1.807, 2.05) is 67.3 Å². The van der Waals surface area contributed by atoms with Crippen molar-refractivity contribution in [3.8, 4) is 5.69 Å². The first-order valence-corrected chi connectivity index (χ1v) is 9.75. The summed E-state index contributed by atoms with van der Waals surface area (Å²) >= 11 is 3.48. The maximum absolute atomic E-state index is 13.2. The van der Waals surface area contributed by atoms with Crippen molar-refractivity contribution >= 4 is 38.4 Å². The molecule has 0 spiro atoms. The number of rotatable bonds is 6. The summed E-state index contributed by atoms with van der Waals surface area (Å²) in [6, 6.07) is 16.9. The van der Waals surface area contributed by atoms with Gasteiger partial charge in [0.1, 0.15) is 5.69 Å². The Balaban J connectivity index is 2.10. The number of anilines is 1. The normalized spacial score (nSPS) is 11.1. The van der Waals surface area contributed by atoms with Crippen LogP contribution in [-0.4, -0.2) is 35.0 Å². The van der Waals surface area contributed by atoms with E-state index in [0.717, 1.165) is 34.2 Å². The average molecular weight is 428 g/mol. The molecule has 0 aliphatic carbocycles. The number of carbonyl (C=O) groups excluding carboxylic acids is 1.